The molecule has 0 saturated carbocycles. The van der Waals surface area contributed by atoms with E-state index in [1.54, 1.807) is 0 Å². The molecule has 1 amide bonds. The van der Waals surface area contributed by atoms with Gasteiger partial charge < -0.3 is 10.6 Å². The van der Waals surface area contributed by atoms with Gasteiger partial charge in [-0.05, 0) is 47.0 Å². The van der Waals surface area contributed by atoms with Gasteiger partial charge in [0.2, 0.25) is 5.91 Å². The summed E-state index contributed by atoms with van der Waals surface area (Å²) in [6.07, 6.45) is 2.74. The fourth-order valence-electron chi connectivity index (χ4n) is 1.76. The largest absolute Gasteiger partial charge is 0.398 e. The van der Waals surface area contributed by atoms with Crippen LogP contribution in [0.3, 0.4) is 0 Å². The second-order valence-corrected chi connectivity index (χ2v) is 4.56. The van der Waals surface area contributed by atoms with E-state index in [1.165, 1.54) is 0 Å². The summed E-state index contributed by atoms with van der Waals surface area (Å²) in [6.45, 7) is 0.815. The van der Waals surface area contributed by atoms with Gasteiger partial charge in [-0.2, -0.15) is 0 Å². The number of hydrogen-bond donors (Lipinski definition) is 1. The van der Waals surface area contributed by atoms with Gasteiger partial charge in [0.05, 0.1) is 0 Å². The van der Waals surface area contributed by atoms with Crippen LogP contribution in [0, 0.1) is 0 Å². The van der Waals surface area contributed by atoms with Crippen molar-refractivity contribution in [1.29, 1.82) is 0 Å². The van der Waals surface area contributed by atoms with Crippen molar-refractivity contribution in [2.75, 3.05) is 17.2 Å². The van der Waals surface area contributed by atoms with E-state index in [0.29, 0.717) is 12.1 Å². The lowest BCUT2D eigenvalue weighted by molar-refractivity contribution is -0.119. The molecule has 1 aromatic carbocycles. The molecule has 4 heteroatoms. The zero-order valence-electron chi connectivity index (χ0n) is 8.37. The standard InChI is InChI=1S/C11H13BrN2O/c12-9-7-8(4-5-10(9)13)14-6-2-1-3-11(14)15/h4-5,7H,1-3,6,13H2. The SMILES string of the molecule is Nc1ccc(N2CCCCC2=O)cc1Br. The minimum absolute atomic E-state index is 0.206. The molecule has 0 bridgehead atoms. The number of hydrogen-bond acceptors (Lipinski definition) is 2. The summed E-state index contributed by atoms with van der Waals surface area (Å²) in [4.78, 5) is 13.5. The van der Waals surface area contributed by atoms with Gasteiger partial charge in [-0.1, -0.05) is 0 Å². The Kier molecular flexibility index (Phi) is 2.95. The molecular weight excluding hydrogens is 256 g/mol. The van der Waals surface area contributed by atoms with Crippen molar-refractivity contribution in [3.8, 4) is 0 Å². The van der Waals surface area contributed by atoms with Gasteiger partial charge >= 0.3 is 0 Å². The number of nitrogens with zero attached hydrogens (tertiary/aromatic N) is 1. The number of nitrogens with two attached hydrogens (primary N) is 1. The van der Waals surface area contributed by atoms with E-state index in [0.717, 1.165) is 29.5 Å². The van der Waals surface area contributed by atoms with Crippen LogP contribution in [-0.2, 0) is 4.79 Å². The molecule has 1 aliphatic rings. The van der Waals surface area contributed by atoms with E-state index in [1.807, 2.05) is 23.1 Å². The van der Waals surface area contributed by atoms with E-state index in [-0.39, 0.29) is 5.91 Å². The van der Waals surface area contributed by atoms with Crippen LogP contribution in [0.15, 0.2) is 22.7 Å². The van der Waals surface area contributed by atoms with E-state index in [9.17, 15) is 4.79 Å². The Labute approximate surface area is 97.4 Å². The summed E-state index contributed by atoms with van der Waals surface area (Å²) >= 11 is 3.37. The molecule has 1 saturated heterocycles. The molecule has 15 heavy (non-hydrogen) atoms. The van der Waals surface area contributed by atoms with Crippen LogP contribution in [0.5, 0.6) is 0 Å². The topological polar surface area (TPSA) is 46.3 Å². The average molecular weight is 269 g/mol. The van der Waals surface area contributed by atoms with Crippen LogP contribution >= 0.6 is 15.9 Å². The molecule has 1 aliphatic heterocycles. The van der Waals surface area contributed by atoms with Gasteiger partial charge in [0.25, 0.3) is 0 Å². The smallest absolute Gasteiger partial charge is 0.226 e. The maximum Gasteiger partial charge on any atom is 0.226 e. The average Bonchev–Trinajstić information content (AvgIpc) is 2.23. The Bertz CT molecular complexity index is 392. The number of carbonyl (C=O) groups excluding carboxylic acids is 1. The molecule has 2 N–H and O–H groups in total. The molecular formula is C11H13BrN2O. The molecule has 2 rings (SSSR count). The highest BCUT2D eigenvalue weighted by molar-refractivity contribution is 9.10. The van der Waals surface area contributed by atoms with Crippen molar-refractivity contribution < 1.29 is 4.79 Å². The Balaban J connectivity index is 2.28. The highest BCUT2D eigenvalue weighted by Gasteiger charge is 2.19. The fourth-order valence-corrected chi connectivity index (χ4v) is 2.13. The maximum atomic E-state index is 11.7. The summed E-state index contributed by atoms with van der Waals surface area (Å²) in [5, 5.41) is 0. The number of anilines is 2. The summed E-state index contributed by atoms with van der Waals surface area (Å²) in [7, 11) is 0. The monoisotopic (exact) mass is 268 g/mol. The molecule has 0 radical (unpaired) electrons. The van der Waals surface area contributed by atoms with Gasteiger partial charge in [0.1, 0.15) is 0 Å². The number of piperidine rings is 1. The van der Waals surface area contributed by atoms with Gasteiger partial charge in [-0.25, -0.2) is 0 Å². The Morgan fingerprint density at radius 2 is 2.13 bits per heavy atom. The van der Waals surface area contributed by atoms with Crippen LogP contribution in [0.2, 0.25) is 0 Å². The lowest BCUT2D eigenvalue weighted by atomic mass is 10.1. The van der Waals surface area contributed by atoms with Crippen molar-refractivity contribution in [1.82, 2.24) is 0 Å². The Hall–Kier alpha value is -1.03. The lowest BCUT2D eigenvalue weighted by Crippen LogP contribution is -2.35. The first-order valence-electron chi connectivity index (χ1n) is 5.04. The molecule has 80 valence electrons. The first-order valence-corrected chi connectivity index (χ1v) is 5.83. The van der Waals surface area contributed by atoms with Crippen LogP contribution in [-0.4, -0.2) is 12.5 Å². The third-order valence-corrected chi connectivity index (χ3v) is 3.31. The summed E-state index contributed by atoms with van der Waals surface area (Å²) < 4.78 is 0.846. The minimum Gasteiger partial charge on any atom is -0.398 e. The molecule has 0 unspecified atom stereocenters. The molecule has 0 spiro atoms. The second-order valence-electron chi connectivity index (χ2n) is 3.71. The van der Waals surface area contributed by atoms with Crippen LogP contribution < -0.4 is 10.6 Å². The lowest BCUT2D eigenvalue weighted by Gasteiger charge is -2.27. The molecule has 0 aromatic heterocycles. The zero-order valence-corrected chi connectivity index (χ0v) is 9.96. The van der Waals surface area contributed by atoms with Crippen LogP contribution in [0.4, 0.5) is 11.4 Å². The molecule has 1 heterocycles. The number of rotatable bonds is 1. The van der Waals surface area contributed by atoms with Crippen molar-refractivity contribution >= 4 is 33.2 Å². The van der Waals surface area contributed by atoms with Crippen molar-refractivity contribution in [2.24, 2.45) is 0 Å². The van der Waals surface area contributed by atoms with Crippen molar-refractivity contribution in [3.05, 3.63) is 22.7 Å². The third kappa shape index (κ3) is 2.15. The van der Waals surface area contributed by atoms with E-state index in [4.69, 9.17) is 5.73 Å². The van der Waals surface area contributed by atoms with Gasteiger partial charge in [0.15, 0.2) is 0 Å². The highest BCUT2D eigenvalue weighted by Crippen LogP contribution is 2.27. The fraction of sp³-hybridized carbons (Fsp3) is 0.364. The number of halogens is 1. The third-order valence-electron chi connectivity index (χ3n) is 2.62. The predicted molar refractivity (Wildman–Crippen MR) is 64.8 cm³/mol. The quantitative estimate of drug-likeness (QED) is 0.796. The summed E-state index contributed by atoms with van der Waals surface area (Å²) in [6, 6.07) is 5.61. The zero-order chi connectivity index (χ0) is 10.8. The van der Waals surface area contributed by atoms with Crippen molar-refractivity contribution in [3.63, 3.8) is 0 Å². The first kappa shape index (κ1) is 10.5. The van der Waals surface area contributed by atoms with Crippen LogP contribution in [0.1, 0.15) is 19.3 Å². The second kappa shape index (κ2) is 4.23. The first-order chi connectivity index (χ1) is 7.18. The highest BCUT2D eigenvalue weighted by atomic mass is 79.9. The van der Waals surface area contributed by atoms with E-state index >= 15 is 0 Å². The Morgan fingerprint density at radius 1 is 1.33 bits per heavy atom. The number of benzene rings is 1. The summed E-state index contributed by atoms with van der Waals surface area (Å²) in [5.74, 6) is 0.206. The predicted octanol–water partition coefficient (Wildman–Crippen LogP) is 2.55. The van der Waals surface area contributed by atoms with Gasteiger partial charge in [-0.15, -0.1) is 0 Å². The molecule has 1 aromatic rings. The maximum absolute atomic E-state index is 11.7. The van der Waals surface area contributed by atoms with Gasteiger partial charge in [-0.3, -0.25) is 4.79 Å². The van der Waals surface area contributed by atoms with E-state index < -0.39 is 0 Å². The van der Waals surface area contributed by atoms with Gasteiger partial charge in [0, 0.05) is 28.8 Å². The molecule has 3 nitrogen and oxygen atoms in total. The minimum atomic E-state index is 0.206. The van der Waals surface area contributed by atoms with Crippen LogP contribution in [0.25, 0.3) is 0 Å². The van der Waals surface area contributed by atoms with Crippen molar-refractivity contribution in [2.45, 2.75) is 19.3 Å². The molecule has 0 aliphatic carbocycles. The normalized spacial score (nSPS) is 16.9. The molecule has 1 fully saturated rings. The number of nitrogen functional groups attached to an aromatic ring is 1. The Morgan fingerprint density at radius 3 is 2.80 bits per heavy atom. The number of carbonyl (C=O) groups is 1. The number of amides is 1. The summed E-state index contributed by atoms with van der Waals surface area (Å²) in [5.41, 5.74) is 7.33. The van der Waals surface area contributed by atoms with E-state index in [2.05, 4.69) is 15.9 Å². The molecule has 0 atom stereocenters.